The standard InChI is InChI=1S/C12H17NO7/c1-18-6-2-3-13-8(4-6)20-12-11(17)10(16)9(15)7(5-14)19-12/h2-4,7,9-12,14-17H,5H2,1H3/t7-,9-,10+,11-,12+/m1/s1. The van der Waals surface area contributed by atoms with Gasteiger partial charge in [0.25, 0.3) is 0 Å². The molecule has 5 atom stereocenters. The van der Waals surface area contributed by atoms with Crippen LogP contribution in [0.3, 0.4) is 0 Å². The van der Waals surface area contributed by atoms with Crippen LogP contribution in [-0.4, -0.2) is 69.8 Å². The molecule has 0 unspecified atom stereocenters. The Labute approximate surface area is 115 Å². The molecule has 8 nitrogen and oxygen atoms in total. The summed E-state index contributed by atoms with van der Waals surface area (Å²) in [5.74, 6) is 0.619. The summed E-state index contributed by atoms with van der Waals surface area (Å²) < 4.78 is 15.5. The Hall–Kier alpha value is -1.45. The fourth-order valence-electron chi connectivity index (χ4n) is 1.87. The Morgan fingerprint density at radius 1 is 1.25 bits per heavy atom. The van der Waals surface area contributed by atoms with Gasteiger partial charge in [-0.3, -0.25) is 0 Å². The molecule has 0 aliphatic carbocycles. The van der Waals surface area contributed by atoms with Gasteiger partial charge in [0, 0.05) is 12.3 Å². The van der Waals surface area contributed by atoms with E-state index in [9.17, 15) is 15.3 Å². The number of aromatic nitrogens is 1. The van der Waals surface area contributed by atoms with Crippen molar-refractivity contribution < 1.29 is 34.6 Å². The van der Waals surface area contributed by atoms with E-state index in [0.29, 0.717) is 5.75 Å². The van der Waals surface area contributed by atoms with E-state index in [-0.39, 0.29) is 5.88 Å². The third kappa shape index (κ3) is 3.00. The van der Waals surface area contributed by atoms with Gasteiger partial charge in [-0.25, -0.2) is 4.98 Å². The molecule has 2 heterocycles. The zero-order valence-electron chi connectivity index (χ0n) is 10.8. The molecule has 0 aromatic carbocycles. The van der Waals surface area contributed by atoms with E-state index >= 15 is 0 Å². The largest absolute Gasteiger partial charge is 0.497 e. The number of hydrogen-bond acceptors (Lipinski definition) is 8. The molecule has 0 amide bonds. The van der Waals surface area contributed by atoms with Crippen molar-refractivity contribution >= 4 is 0 Å². The molecule has 1 aromatic rings. The van der Waals surface area contributed by atoms with Crippen molar-refractivity contribution in [2.75, 3.05) is 13.7 Å². The summed E-state index contributed by atoms with van der Waals surface area (Å²) in [5.41, 5.74) is 0. The first-order valence-electron chi connectivity index (χ1n) is 6.04. The maximum atomic E-state index is 9.81. The Bertz CT molecular complexity index is 442. The SMILES string of the molecule is COc1ccnc(O[C@@H]2O[C@H](CO)[C@@H](O)[C@H](O)[C@H]2O)c1. The summed E-state index contributed by atoms with van der Waals surface area (Å²) in [4.78, 5) is 3.91. The number of pyridine rings is 1. The number of ether oxygens (including phenoxy) is 3. The van der Waals surface area contributed by atoms with Crippen LogP contribution < -0.4 is 9.47 Å². The highest BCUT2D eigenvalue weighted by Gasteiger charge is 2.44. The highest BCUT2D eigenvalue weighted by atomic mass is 16.7. The summed E-state index contributed by atoms with van der Waals surface area (Å²) in [6, 6.07) is 3.08. The first-order chi connectivity index (χ1) is 9.56. The van der Waals surface area contributed by atoms with Crippen molar-refractivity contribution in [2.24, 2.45) is 0 Å². The minimum Gasteiger partial charge on any atom is -0.497 e. The van der Waals surface area contributed by atoms with Crippen molar-refractivity contribution in [3.05, 3.63) is 18.3 Å². The van der Waals surface area contributed by atoms with Crippen LogP contribution in [0.1, 0.15) is 0 Å². The van der Waals surface area contributed by atoms with Gasteiger partial charge in [0.1, 0.15) is 30.2 Å². The molecule has 8 heteroatoms. The molecule has 1 fully saturated rings. The second-order valence-corrected chi connectivity index (χ2v) is 4.35. The van der Waals surface area contributed by atoms with Crippen LogP contribution in [0.5, 0.6) is 11.6 Å². The summed E-state index contributed by atoms with van der Waals surface area (Å²) in [6.07, 6.45) is -5.22. The first-order valence-corrected chi connectivity index (χ1v) is 6.04. The molecule has 1 aliphatic rings. The van der Waals surface area contributed by atoms with E-state index in [1.807, 2.05) is 0 Å². The average Bonchev–Trinajstić information content (AvgIpc) is 2.48. The van der Waals surface area contributed by atoms with E-state index < -0.39 is 37.3 Å². The topological polar surface area (TPSA) is 122 Å². The molecule has 4 N–H and O–H groups in total. The minimum absolute atomic E-state index is 0.119. The van der Waals surface area contributed by atoms with Gasteiger partial charge in [0.15, 0.2) is 0 Å². The fraction of sp³-hybridized carbons (Fsp3) is 0.583. The predicted molar refractivity (Wildman–Crippen MR) is 65.2 cm³/mol. The van der Waals surface area contributed by atoms with Crippen LogP contribution in [0.2, 0.25) is 0 Å². The van der Waals surface area contributed by atoms with Crippen molar-refractivity contribution in [2.45, 2.75) is 30.7 Å². The predicted octanol–water partition coefficient (Wildman–Crippen LogP) is -1.73. The molecular formula is C12H17NO7. The molecule has 1 aliphatic heterocycles. The number of aliphatic hydroxyl groups is 4. The zero-order chi connectivity index (χ0) is 14.7. The Morgan fingerprint density at radius 3 is 2.65 bits per heavy atom. The van der Waals surface area contributed by atoms with E-state index in [1.54, 1.807) is 6.07 Å². The van der Waals surface area contributed by atoms with Crippen LogP contribution in [-0.2, 0) is 4.74 Å². The lowest BCUT2D eigenvalue weighted by Crippen LogP contribution is -2.60. The fourth-order valence-corrected chi connectivity index (χ4v) is 1.87. The number of methoxy groups -OCH3 is 1. The first kappa shape index (κ1) is 14.9. The van der Waals surface area contributed by atoms with E-state index in [0.717, 1.165) is 0 Å². The number of hydrogen-bond donors (Lipinski definition) is 4. The summed E-state index contributed by atoms with van der Waals surface area (Å²) in [6.45, 7) is -0.518. The van der Waals surface area contributed by atoms with Gasteiger partial charge >= 0.3 is 0 Å². The minimum atomic E-state index is -1.49. The summed E-state index contributed by atoms with van der Waals surface area (Å²) >= 11 is 0. The Morgan fingerprint density at radius 2 is 2.00 bits per heavy atom. The number of nitrogens with zero attached hydrogens (tertiary/aromatic N) is 1. The van der Waals surface area contributed by atoms with Crippen LogP contribution in [0.4, 0.5) is 0 Å². The van der Waals surface area contributed by atoms with Crippen LogP contribution in [0.15, 0.2) is 18.3 Å². The molecule has 0 saturated carbocycles. The monoisotopic (exact) mass is 287 g/mol. The zero-order valence-corrected chi connectivity index (χ0v) is 10.8. The number of rotatable bonds is 4. The maximum Gasteiger partial charge on any atom is 0.231 e. The van der Waals surface area contributed by atoms with Gasteiger partial charge < -0.3 is 34.6 Å². The molecule has 0 spiro atoms. The van der Waals surface area contributed by atoms with Crippen molar-refractivity contribution in [3.63, 3.8) is 0 Å². The van der Waals surface area contributed by atoms with Gasteiger partial charge in [-0.15, -0.1) is 0 Å². The molecule has 1 saturated heterocycles. The average molecular weight is 287 g/mol. The second-order valence-electron chi connectivity index (χ2n) is 4.35. The molecule has 112 valence electrons. The molecule has 1 aromatic heterocycles. The van der Waals surface area contributed by atoms with Crippen molar-refractivity contribution in [1.82, 2.24) is 4.98 Å². The lowest BCUT2D eigenvalue weighted by Gasteiger charge is -2.39. The van der Waals surface area contributed by atoms with Crippen LogP contribution >= 0.6 is 0 Å². The lowest BCUT2D eigenvalue weighted by molar-refractivity contribution is -0.278. The van der Waals surface area contributed by atoms with E-state index in [2.05, 4.69) is 4.98 Å². The van der Waals surface area contributed by atoms with Gasteiger partial charge in [-0.2, -0.15) is 0 Å². The van der Waals surface area contributed by atoms with Crippen molar-refractivity contribution in [3.8, 4) is 11.6 Å². The summed E-state index contributed by atoms with van der Waals surface area (Å²) in [7, 11) is 1.48. The third-order valence-electron chi connectivity index (χ3n) is 3.03. The maximum absolute atomic E-state index is 9.81. The van der Waals surface area contributed by atoms with Gasteiger partial charge in [-0.05, 0) is 6.07 Å². The smallest absolute Gasteiger partial charge is 0.231 e. The number of aliphatic hydroxyl groups excluding tert-OH is 4. The molecule has 2 rings (SSSR count). The third-order valence-corrected chi connectivity index (χ3v) is 3.03. The molecule has 20 heavy (non-hydrogen) atoms. The molecular weight excluding hydrogens is 270 g/mol. The normalized spacial score (nSPS) is 33.8. The van der Waals surface area contributed by atoms with Gasteiger partial charge in [-0.1, -0.05) is 0 Å². The van der Waals surface area contributed by atoms with Gasteiger partial charge in [0.05, 0.1) is 13.7 Å². The van der Waals surface area contributed by atoms with Crippen molar-refractivity contribution in [1.29, 1.82) is 0 Å². The lowest BCUT2D eigenvalue weighted by atomic mass is 9.99. The van der Waals surface area contributed by atoms with Crippen LogP contribution in [0.25, 0.3) is 0 Å². The quantitative estimate of drug-likeness (QED) is 0.515. The van der Waals surface area contributed by atoms with E-state index in [1.165, 1.54) is 19.4 Å². The Balaban J connectivity index is 2.10. The molecule has 0 radical (unpaired) electrons. The second kappa shape index (κ2) is 6.33. The summed E-state index contributed by atoms with van der Waals surface area (Å²) in [5, 5.41) is 38.1. The molecule has 0 bridgehead atoms. The van der Waals surface area contributed by atoms with E-state index in [4.69, 9.17) is 19.3 Å². The van der Waals surface area contributed by atoms with Gasteiger partial charge in [0.2, 0.25) is 12.2 Å². The highest BCUT2D eigenvalue weighted by Crippen LogP contribution is 2.24. The highest BCUT2D eigenvalue weighted by molar-refractivity contribution is 5.26. The van der Waals surface area contributed by atoms with Crippen LogP contribution in [0, 0.1) is 0 Å². The Kier molecular flexibility index (Phi) is 4.73.